The number of amides is 1. The molecule has 1 aromatic heterocycles. The maximum Gasteiger partial charge on any atom is 0.489 e. The zero-order valence-corrected chi connectivity index (χ0v) is 15.8. The molecule has 0 unspecified atom stereocenters. The van der Waals surface area contributed by atoms with Crippen LogP contribution in [0.4, 0.5) is 0 Å². The van der Waals surface area contributed by atoms with E-state index in [1.807, 2.05) is 30.3 Å². The number of ether oxygens (including phenoxy) is 1. The molecule has 7 heteroatoms. The summed E-state index contributed by atoms with van der Waals surface area (Å²) in [5.41, 5.74) is 1.95. The zero-order chi connectivity index (χ0) is 20.5. The third kappa shape index (κ3) is 6.38. The minimum absolute atomic E-state index is 0.272. The SMILES string of the molecule is O=C(C=Cc1cc(OCCc2ccccc2)ccc1B(O)O)NCc1ccco1. The molecule has 0 saturated carbocycles. The van der Waals surface area contributed by atoms with Crippen molar-refractivity contribution in [3.05, 3.63) is 89.9 Å². The first-order valence-electron chi connectivity index (χ1n) is 9.27. The monoisotopic (exact) mass is 391 g/mol. The van der Waals surface area contributed by atoms with E-state index in [4.69, 9.17) is 9.15 Å². The van der Waals surface area contributed by atoms with Gasteiger partial charge in [0.15, 0.2) is 0 Å². The van der Waals surface area contributed by atoms with E-state index >= 15 is 0 Å². The van der Waals surface area contributed by atoms with Crippen LogP contribution in [0.25, 0.3) is 6.08 Å². The van der Waals surface area contributed by atoms with Crippen LogP contribution in [0.5, 0.6) is 5.75 Å². The van der Waals surface area contributed by atoms with Crippen molar-refractivity contribution >= 4 is 24.6 Å². The Morgan fingerprint density at radius 3 is 2.66 bits per heavy atom. The third-order valence-electron chi connectivity index (χ3n) is 4.27. The summed E-state index contributed by atoms with van der Waals surface area (Å²) >= 11 is 0. The average molecular weight is 391 g/mol. The molecule has 3 rings (SSSR count). The van der Waals surface area contributed by atoms with E-state index in [9.17, 15) is 14.8 Å². The molecule has 0 aliphatic rings. The lowest BCUT2D eigenvalue weighted by atomic mass is 9.77. The number of carbonyl (C=O) groups excluding carboxylic acids is 1. The first-order chi connectivity index (χ1) is 14.1. The van der Waals surface area contributed by atoms with E-state index < -0.39 is 7.12 Å². The van der Waals surface area contributed by atoms with Crippen molar-refractivity contribution in [3.8, 4) is 5.75 Å². The van der Waals surface area contributed by atoms with Gasteiger partial charge < -0.3 is 24.5 Å². The lowest BCUT2D eigenvalue weighted by Crippen LogP contribution is -2.32. The normalized spacial score (nSPS) is 10.8. The molecule has 0 aliphatic carbocycles. The Balaban J connectivity index is 1.62. The second kappa shape index (κ2) is 10.3. The molecule has 0 atom stereocenters. The fourth-order valence-corrected chi connectivity index (χ4v) is 2.77. The van der Waals surface area contributed by atoms with Crippen molar-refractivity contribution < 1.29 is 24.0 Å². The second-order valence-electron chi connectivity index (χ2n) is 6.38. The Morgan fingerprint density at radius 2 is 1.93 bits per heavy atom. The van der Waals surface area contributed by atoms with Gasteiger partial charge in [0.2, 0.25) is 5.91 Å². The summed E-state index contributed by atoms with van der Waals surface area (Å²) < 4.78 is 10.9. The van der Waals surface area contributed by atoms with Gasteiger partial charge in [-0.2, -0.15) is 0 Å². The molecule has 0 bridgehead atoms. The van der Waals surface area contributed by atoms with Crippen molar-refractivity contribution in [2.45, 2.75) is 13.0 Å². The number of nitrogens with one attached hydrogen (secondary N) is 1. The number of hydrogen-bond donors (Lipinski definition) is 3. The lowest BCUT2D eigenvalue weighted by molar-refractivity contribution is -0.116. The Hall–Kier alpha value is -3.29. The summed E-state index contributed by atoms with van der Waals surface area (Å²) in [7, 11) is -1.65. The van der Waals surface area contributed by atoms with Crippen LogP contribution in [0.2, 0.25) is 0 Å². The number of hydrogen-bond acceptors (Lipinski definition) is 5. The average Bonchev–Trinajstić information content (AvgIpc) is 3.25. The van der Waals surface area contributed by atoms with Gasteiger partial charge in [-0.1, -0.05) is 36.4 Å². The fourth-order valence-electron chi connectivity index (χ4n) is 2.77. The van der Waals surface area contributed by atoms with E-state index in [1.165, 1.54) is 24.0 Å². The molecule has 2 aromatic carbocycles. The smallest absolute Gasteiger partial charge is 0.489 e. The van der Waals surface area contributed by atoms with Gasteiger partial charge in [0, 0.05) is 12.5 Å². The van der Waals surface area contributed by atoms with Gasteiger partial charge in [0.05, 0.1) is 19.4 Å². The maximum atomic E-state index is 12.0. The fraction of sp³-hybridized carbons (Fsp3) is 0.136. The van der Waals surface area contributed by atoms with Gasteiger partial charge in [-0.25, -0.2) is 0 Å². The quantitative estimate of drug-likeness (QED) is 0.383. The van der Waals surface area contributed by atoms with Crippen molar-refractivity contribution in [1.82, 2.24) is 5.32 Å². The molecule has 3 aromatic rings. The van der Waals surface area contributed by atoms with Gasteiger partial charge in [-0.3, -0.25) is 4.79 Å². The largest absolute Gasteiger partial charge is 0.493 e. The summed E-state index contributed by atoms with van der Waals surface area (Å²) in [5.74, 6) is 0.906. The molecule has 0 radical (unpaired) electrons. The highest BCUT2D eigenvalue weighted by molar-refractivity contribution is 6.59. The lowest BCUT2D eigenvalue weighted by Gasteiger charge is -2.10. The Bertz CT molecular complexity index is 939. The molecule has 29 heavy (non-hydrogen) atoms. The van der Waals surface area contributed by atoms with Crippen LogP contribution in [0.15, 0.2) is 77.4 Å². The molecule has 0 fully saturated rings. The van der Waals surface area contributed by atoms with E-state index in [0.29, 0.717) is 23.7 Å². The van der Waals surface area contributed by atoms with Gasteiger partial charge >= 0.3 is 7.12 Å². The molecule has 0 spiro atoms. The summed E-state index contributed by atoms with van der Waals surface area (Å²) in [5, 5.41) is 21.9. The molecule has 1 heterocycles. The van der Waals surface area contributed by atoms with Crippen LogP contribution in [0, 0.1) is 0 Å². The van der Waals surface area contributed by atoms with Gasteiger partial charge in [-0.15, -0.1) is 0 Å². The Labute approximate surface area is 169 Å². The molecule has 3 N–H and O–H groups in total. The van der Waals surface area contributed by atoms with Crippen molar-refractivity contribution in [3.63, 3.8) is 0 Å². The van der Waals surface area contributed by atoms with Crippen molar-refractivity contribution in [1.29, 1.82) is 0 Å². The zero-order valence-electron chi connectivity index (χ0n) is 15.8. The molecule has 0 aliphatic heterocycles. The minimum Gasteiger partial charge on any atom is -0.493 e. The van der Waals surface area contributed by atoms with Gasteiger partial charge in [0.1, 0.15) is 11.5 Å². The molecule has 0 saturated heterocycles. The highest BCUT2D eigenvalue weighted by atomic mass is 16.5. The first kappa shape index (κ1) is 20.4. The summed E-state index contributed by atoms with van der Waals surface area (Å²) in [6, 6.07) is 18.4. The predicted molar refractivity (Wildman–Crippen MR) is 111 cm³/mol. The standard InChI is InChI=1S/C22H22BNO5/c25-22(24-16-20-7-4-13-28-20)11-8-18-15-19(9-10-21(18)23(26)27)29-14-12-17-5-2-1-3-6-17/h1-11,13,15,26-27H,12,14,16H2,(H,24,25). The van der Waals surface area contributed by atoms with Gasteiger partial charge in [0.25, 0.3) is 0 Å². The Morgan fingerprint density at radius 1 is 1.10 bits per heavy atom. The molecule has 1 amide bonds. The van der Waals surface area contributed by atoms with E-state index in [2.05, 4.69) is 5.32 Å². The summed E-state index contributed by atoms with van der Waals surface area (Å²) in [4.78, 5) is 12.0. The highest BCUT2D eigenvalue weighted by Crippen LogP contribution is 2.14. The highest BCUT2D eigenvalue weighted by Gasteiger charge is 2.15. The van der Waals surface area contributed by atoms with Crippen LogP contribution in [0.1, 0.15) is 16.9 Å². The van der Waals surface area contributed by atoms with Crippen molar-refractivity contribution in [2.75, 3.05) is 6.61 Å². The van der Waals surface area contributed by atoms with Crippen LogP contribution < -0.4 is 15.5 Å². The van der Waals surface area contributed by atoms with Gasteiger partial charge in [-0.05, 0) is 46.9 Å². The van der Waals surface area contributed by atoms with Crippen LogP contribution in [0.3, 0.4) is 0 Å². The number of furan rings is 1. The molecular weight excluding hydrogens is 369 g/mol. The number of rotatable bonds is 9. The predicted octanol–water partition coefficient (Wildman–Crippen LogP) is 1.91. The first-order valence-corrected chi connectivity index (χ1v) is 9.27. The van der Waals surface area contributed by atoms with E-state index in [1.54, 1.807) is 30.3 Å². The Kier molecular flexibility index (Phi) is 7.27. The second-order valence-corrected chi connectivity index (χ2v) is 6.38. The van der Waals surface area contributed by atoms with E-state index in [0.717, 1.165) is 6.42 Å². The molecule has 148 valence electrons. The van der Waals surface area contributed by atoms with E-state index in [-0.39, 0.29) is 17.9 Å². The number of carbonyl (C=O) groups is 1. The third-order valence-corrected chi connectivity index (χ3v) is 4.27. The van der Waals surface area contributed by atoms with Crippen LogP contribution in [-0.4, -0.2) is 29.7 Å². The molecular formula is C22H22BNO5. The van der Waals surface area contributed by atoms with Crippen LogP contribution >= 0.6 is 0 Å². The minimum atomic E-state index is -1.65. The maximum absolute atomic E-state index is 12.0. The van der Waals surface area contributed by atoms with Crippen molar-refractivity contribution in [2.24, 2.45) is 0 Å². The van der Waals surface area contributed by atoms with Crippen LogP contribution in [-0.2, 0) is 17.8 Å². The topological polar surface area (TPSA) is 91.9 Å². The number of benzene rings is 2. The summed E-state index contributed by atoms with van der Waals surface area (Å²) in [6.07, 6.45) is 5.15. The molecule has 6 nitrogen and oxygen atoms in total. The summed E-state index contributed by atoms with van der Waals surface area (Å²) in [6.45, 7) is 0.756.